The molecule has 0 atom stereocenters. The number of nitrogens with zero attached hydrogens (tertiary/aromatic N) is 2. The minimum atomic E-state index is 0.0512. The van der Waals surface area contributed by atoms with E-state index in [1.807, 2.05) is 61.5 Å². The summed E-state index contributed by atoms with van der Waals surface area (Å²) in [5, 5.41) is 0.726. The topological polar surface area (TPSA) is 33.2 Å². The monoisotopic (exact) mass is 282 g/mol. The van der Waals surface area contributed by atoms with Crippen molar-refractivity contribution in [2.45, 2.75) is 13.3 Å². The first-order chi connectivity index (χ1) is 9.79. The fourth-order valence-corrected chi connectivity index (χ4v) is 3.06. The summed E-state index contributed by atoms with van der Waals surface area (Å²) < 4.78 is 1.09. The van der Waals surface area contributed by atoms with Crippen LogP contribution < -0.4 is 4.90 Å². The van der Waals surface area contributed by atoms with Gasteiger partial charge in [-0.1, -0.05) is 48.6 Å². The van der Waals surface area contributed by atoms with Gasteiger partial charge in [0.15, 0.2) is 5.13 Å². The Balaban J connectivity index is 2.12. The Morgan fingerprint density at radius 2 is 1.80 bits per heavy atom. The SMILES string of the molecule is CCC(=O)N(c1ccccc1)c1nc2ccccc2s1. The summed E-state index contributed by atoms with van der Waals surface area (Å²) in [6.45, 7) is 1.87. The van der Waals surface area contributed by atoms with Crippen molar-refractivity contribution in [3.8, 4) is 0 Å². The van der Waals surface area contributed by atoms with Gasteiger partial charge in [-0.3, -0.25) is 9.69 Å². The third-order valence-corrected chi connectivity index (χ3v) is 4.06. The van der Waals surface area contributed by atoms with Crippen LogP contribution in [0.5, 0.6) is 0 Å². The predicted molar refractivity (Wildman–Crippen MR) is 83.5 cm³/mol. The number of amides is 1. The number of thiazole rings is 1. The van der Waals surface area contributed by atoms with E-state index in [1.165, 1.54) is 11.3 Å². The van der Waals surface area contributed by atoms with Crippen LogP contribution in [0, 0.1) is 0 Å². The van der Waals surface area contributed by atoms with Crippen molar-refractivity contribution in [3.05, 3.63) is 54.6 Å². The van der Waals surface area contributed by atoms with Crippen LogP contribution in [0.3, 0.4) is 0 Å². The van der Waals surface area contributed by atoms with Gasteiger partial charge in [0.05, 0.1) is 15.9 Å². The fraction of sp³-hybridized carbons (Fsp3) is 0.125. The highest BCUT2D eigenvalue weighted by molar-refractivity contribution is 7.22. The number of carbonyl (C=O) groups is 1. The number of fused-ring (bicyclic) bond motifs is 1. The average molecular weight is 282 g/mol. The molecule has 100 valence electrons. The number of hydrogen-bond donors (Lipinski definition) is 0. The first-order valence-corrected chi connectivity index (χ1v) is 7.35. The lowest BCUT2D eigenvalue weighted by molar-refractivity contribution is -0.117. The number of para-hydroxylation sites is 2. The molecule has 0 aliphatic heterocycles. The molecule has 3 rings (SSSR count). The molecule has 0 radical (unpaired) electrons. The molecular formula is C16H14N2OS. The molecule has 1 heterocycles. The smallest absolute Gasteiger partial charge is 0.233 e. The van der Waals surface area contributed by atoms with Crippen molar-refractivity contribution >= 4 is 38.3 Å². The average Bonchev–Trinajstić information content (AvgIpc) is 2.91. The number of benzene rings is 2. The van der Waals surface area contributed by atoms with Gasteiger partial charge >= 0.3 is 0 Å². The molecule has 4 heteroatoms. The Bertz CT molecular complexity index is 703. The van der Waals surface area contributed by atoms with Crippen LogP contribution in [0.1, 0.15) is 13.3 Å². The Hall–Kier alpha value is -2.20. The maximum Gasteiger partial charge on any atom is 0.233 e. The Labute approximate surface area is 121 Å². The molecule has 2 aromatic carbocycles. The lowest BCUT2D eigenvalue weighted by atomic mass is 10.3. The number of aromatic nitrogens is 1. The van der Waals surface area contributed by atoms with E-state index in [2.05, 4.69) is 4.98 Å². The minimum absolute atomic E-state index is 0.0512. The van der Waals surface area contributed by atoms with Gasteiger partial charge in [0.25, 0.3) is 0 Å². The van der Waals surface area contributed by atoms with E-state index in [-0.39, 0.29) is 5.91 Å². The first-order valence-electron chi connectivity index (χ1n) is 6.53. The van der Waals surface area contributed by atoms with E-state index in [0.717, 1.165) is 21.0 Å². The van der Waals surface area contributed by atoms with Crippen LogP contribution in [-0.2, 0) is 4.79 Å². The normalized spacial score (nSPS) is 10.7. The highest BCUT2D eigenvalue weighted by atomic mass is 32.1. The molecule has 20 heavy (non-hydrogen) atoms. The summed E-state index contributed by atoms with van der Waals surface area (Å²) in [6.07, 6.45) is 0.449. The lowest BCUT2D eigenvalue weighted by Crippen LogP contribution is -2.24. The molecule has 0 unspecified atom stereocenters. The van der Waals surface area contributed by atoms with Gasteiger partial charge in [-0.2, -0.15) is 0 Å². The predicted octanol–water partition coefficient (Wildman–Crippen LogP) is 4.37. The van der Waals surface area contributed by atoms with Crippen molar-refractivity contribution in [1.82, 2.24) is 4.98 Å². The molecular weight excluding hydrogens is 268 g/mol. The Morgan fingerprint density at radius 3 is 2.50 bits per heavy atom. The molecule has 3 aromatic rings. The first kappa shape index (κ1) is 12.8. The molecule has 0 saturated heterocycles. The summed E-state index contributed by atoms with van der Waals surface area (Å²) in [4.78, 5) is 18.6. The molecule has 0 bridgehead atoms. The van der Waals surface area contributed by atoms with Gasteiger partial charge in [0.2, 0.25) is 5.91 Å². The molecule has 3 nitrogen and oxygen atoms in total. The number of carbonyl (C=O) groups excluding carboxylic acids is 1. The van der Waals surface area contributed by atoms with Crippen LogP contribution in [-0.4, -0.2) is 10.9 Å². The highest BCUT2D eigenvalue weighted by Crippen LogP contribution is 2.33. The van der Waals surface area contributed by atoms with Crippen LogP contribution in [0.2, 0.25) is 0 Å². The van der Waals surface area contributed by atoms with Crippen molar-refractivity contribution in [2.24, 2.45) is 0 Å². The molecule has 1 aromatic heterocycles. The lowest BCUT2D eigenvalue weighted by Gasteiger charge is -2.19. The summed E-state index contributed by atoms with van der Waals surface area (Å²) in [7, 11) is 0. The van der Waals surface area contributed by atoms with Crippen molar-refractivity contribution in [1.29, 1.82) is 0 Å². The van der Waals surface area contributed by atoms with Crippen molar-refractivity contribution < 1.29 is 4.79 Å². The zero-order valence-corrected chi connectivity index (χ0v) is 11.9. The fourth-order valence-electron chi connectivity index (χ4n) is 2.05. The van der Waals surface area contributed by atoms with E-state index < -0.39 is 0 Å². The maximum atomic E-state index is 12.3. The molecule has 1 amide bonds. The summed E-state index contributed by atoms with van der Waals surface area (Å²) in [5.41, 5.74) is 1.79. The van der Waals surface area contributed by atoms with Crippen molar-refractivity contribution in [3.63, 3.8) is 0 Å². The highest BCUT2D eigenvalue weighted by Gasteiger charge is 2.19. The Kier molecular flexibility index (Phi) is 3.48. The molecule has 0 aliphatic carbocycles. The molecule has 0 aliphatic rings. The van der Waals surface area contributed by atoms with Crippen LogP contribution in [0.4, 0.5) is 10.8 Å². The molecule has 0 N–H and O–H groups in total. The zero-order valence-electron chi connectivity index (χ0n) is 11.1. The molecule has 0 spiro atoms. The largest absolute Gasteiger partial charge is 0.274 e. The van der Waals surface area contributed by atoms with E-state index in [4.69, 9.17) is 0 Å². The second-order valence-electron chi connectivity index (χ2n) is 4.38. The van der Waals surface area contributed by atoms with Gasteiger partial charge in [0, 0.05) is 6.42 Å². The van der Waals surface area contributed by atoms with E-state index in [0.29, 0.717) is 6.42 Å². The second kappa shape index (κ2) is 5.43. The second-order valence-corrected chi connectivity index (χ2v) is 5.39. The van der Waals surface area contributed by atoms with E-state index >= 15 is 0 Å². The maximum absolute atomic E-state index is 12.3. The van der Waals surface area contributed by atoms with Gasteiger partial charge < -0.3 is 0 Å². The molecule has 0 saturated carbocycles. The third kappa shape index (κ3) is 2.30. The van der Waals surface area contributed by atoms with Gasteiger partial charge in [0.1, 0.15) is 0 Å². The third-order valence-electron chi connectivity index (χ3n) is 3.04. The van der Waals surface area contributed by atoms with Gasteiger partial charge in [-0.25, -0.2) is 4.98 Å². The van der Waals surface area contributed by atoms with E-state index in [9.17, 15) is 4.79 Å². The summed E-state index contributed by atoms with van der Waals surface area (Å²) in [5.74, 6) is 0.0512. The zero-order chi connectivity index (χ0) is 13.9. The van der Waals surface area contributed by atoms with Crippen LogP contribution in [0.25, 0.3) is 10.2 Å². The molecule has 0 fully saturated rings. The van der Waals surface area contributed by atoms with Gasteiger partial charge in [-0.15, -0.1) is 0 Å². The van der Waals surface area contributed by atoms with Crippen LogP contribution in [0.15, 0.2) is 54.6 Å². The van der Waals surface area contributed by atoms with Gasteiger partial charge in [-0.05, 0) is 24.3 Å². The minimum Gasteiger partial charge on any atom is -0.274 e. The quantitative estimate of drug-likeness (QED) is 0.714. The number of anilines is 2. The number of hydrogen-bond acceptors (Lipinski definition) is 3. The van der Waals surface area contributed by atoms with Crippen molar-refractivity contribution in [2.75, 3.05) is 4.90 Å². The summed E-state index contributed by atoms with van der Waals surface area (Å²) >= 11 is 1.54. The number of rotatable bonds is 3. The van der Waals surface area contributed by atoms with Crippen LogP contribution >= 0.6 is 11.3 Å². The standard InChI is InChI=1S/C16H14N2OS/c1-2-15(19)18(12-8-4-3-5-9-12)16-17-13-10-6-7-11-14(13)20-16/h3-11H,2H2,1H3. The van der Waals surface area contributed by atoms with E-state index in [1.54, 1.807) is 4.90 Å². The summed E-state index contributed by atoms with van der Waals surface area (Å²) in [6, 6.07) is 17.6. The Morgan fingerprint density at radius 1 is 1.10 bits per heavy atom.